The molecule has 0 spiro atoms. The zero-order valence-corrected chi connectivity index (χ0v) is 31.6. The van der Waals surface area contributed by atoms with Crippen LogP contribution in [0.2, 0.25) is 0 Å². The predicted octanol–water partition coefficient (Wildman–Crippen LogP) is 12.6. The summed E-state index contributed by atoms with van der Waals surface area (Å²) in [6.07, 6.45) is 5.20. The number of rotatable bonds is 7. The third-order valence-corrected chi connectivity index (χ3v) is 11.2. The number of aromatic nitrogens is 1. The van der Waals surface area contributed by atoms with Gasteiger partial charge in [0.05, 0.1) is 23.2 Å². The zero-order chi connectivity index (χ0) is 37.4. The fourth-order valence-electron chi connectivity index (χ4n) is 8.44. The largest absolute Gasteiger partial charge is 0.312 e. The molecule has 2 unspecified atom stereocenters. The molecule has 3 nitrogen and oxygen atoms in total. The Balaban J connectivity index is 0.000000778. The zero-order valence-electron chi connectivity index (χ0n) is 31.6. The molecule has 0 saturated heterocycles. The summed E-state index contributed by atoms with van der Waals surface area (Å²) in [5.41, 5.74) is 20.7. The average Bonchev–Trinajstić information content (AvgIpc) is 3.66. The molecule has 1 aromatic heterocycles. The van der Waals surface area contributed by atoms with Gasteiger partial charge in [-0.1, -0.05) is 166 Å². The molecule has 3 heteroatoms. The molecule has 0 radical (unpaired) electrons. The van der Waals surface area contributed by atoms with Crippen molar-refractivity contribution in [1.29, 1.82) is 0 Å². The second kappa shape index (κ2) is 14.4. The van der Waals surface area contributed by atoms with Crippen LogP contribution in [0.3, 0.4) is 0 Å². The maximum Gasteiger partial charge on any atom is 0.0817 e. The van der Waals surface area contributed by atoms with E-state index in [0.717, 1.165) is 11.3 Å². The van der Waals surface area contributed by atoms with Crippen molar-refractivity contribution in [3.63, 3.8) is 0 Å². The Hall–Kier alpha value is -6.00. The monoisotopic (exact) mass is 701 g/mol. The smallest absolute Gasteiger partial charge is 0.0817 e. The number of hydrogen-bond donors (Lipinski definition) is 2. The van der Waals surface area contributed by atoms with Gasteiger partial charge < -0.3 is 10.3 Å². The number of allylic oxidation sites excluding steroid dienone is 3. The Labute approximate surface area is 319 Å². The fraction of sp³-hybridized carbons (Fsp3) is 0.137. The standard InChI is InChI=1S/C46H39N3.C5H8/c1-29-12-4-6-14-34(29)44(32-22-26-37-36-16-8-10-18-39(36)46(2,3)40(37)28-32)48-45(47)31-20-24-33(25-21-31)49-41-19-11-9-17-38(41)43-35-15-7-5-13-30(35)23-27-42(43)49;1-3-5-4-2/h4-28,44-45,48H,47H2,1-3H3;3-5H,1H2,2H3/b;5-4-. The van der Waals surface area contributed by atoms with Crippen LogP contribution in [0, 0.1) is 6.92 Å². The average molecular weight is 702 g/mol. The minimum absolute atomic E-state index is 0.0741. The lowest BCUT2D eigenvalue weighted by Crippen LogP contribution is -2.33. The first-order chi connectivity index (χ1) is 26.3. The van der Waals surface area contributed by atoms with E-state index in [1.165, 1.54) is 71.5 Å². The molecule has 8 aromatic rings. The first kappa shape index (κ1) is 35.1. The molecule has 0 bridgehead atoms. The lowest BCUT2D eigenvalue weighted by atomic mass is 9.81. The van der Waals surface area contributed by atoms with E-state index in [4.69, 9.17) is 5.73 Å². The van der Waals surface area contributed by atoms with Crippen molar-refractivity contribution in [3.05, 3.63) is 210 Å². The summed E-state index contributed by atoms with van der Waals surface area (Å²) in [6.45, 7) is 12.3. The third kappa shape index (κ3) is 6.06. The molecule has 0 saturated carbocycles. The van der Waals surface area contributed by atoms with Gasteiger partial charge in [-0.3, -0.25) is 5.32 Å². The SMILES string of the molecule is C=C/C=C\C.Cc1ccccc1C(NC(N)c1ccc(-n2c3ccccc3c3c4ccccc4ccc32)cc1)c1ccc2c(c1)C(C)(C)c1ccccc1-2. The highest BCUT2D eigenvalue weighted by Gasteiger charge is 2.36. The van der Waals surface area contributed by atoms with E-state index in [1.807, 2.05) is 19.1 Å². The Morgan fingerprint density at radius 1 is 0.667 bits per heavy atom. The molecular weight excluding hydrogens is 655 g/mol. The molecule has 266 valence electrons. The molecule has 1 heterocycles. The van der Waals surface area contributed by atoms with Crippen LogP contribution < -0.4 is 11.1 Å². The highest BCUT2D eigenvalue weighted by molar-refractivity contribution is 6.21. The summed E-state index contributed by atoms with van der Waals surface area (Å²) >= 11 is 0. The molecule has 54 heavy (non-hydrogen) atoms. The third-order valence-electron chi connectivity index (χ3n) is 11.2. The van der Waals surface area contributed by atoms with Crippen molar-refractivity contribution < 1.29 is 0 Å². The molecule has 0 amide bonds. The quantitative estimate of drug-likeness (QED) is 0.128. The fourth-order valence-corrected chi connectivity index (χ4v) is 8.44. The van der Waals surface area contributed by atoms with Gasteiger partial charge in [0.1, 0.15) is 0 Å². The number of aryl methyl sites for hydroxylation is 1. The number of nitrogens with two attached hydrogens (primary N) is 1. The molecule has 1 aliphatic rings. The minimum Gasteiger partial charge on any atom is -0.312 e. The van der Waals surface area contributed by atoms with Gasteiger partial charge in [0.2, 0.25) is 0 Å². The van der Waals surface area contributed by atoms with Crippen molar-refractivity contribution >= 4 is 32.6 Å². The highest BCUT2D eigenvalue weighted by Crippen LogP contribution is 2.49. The molecule has 2 atom stereocenters. The number of nitrogens with zero attached hydrogens (tertiary/aromatic N) is 1. The summed E-state index contributed by atoms with van der Waals surface area (Å²) in [6, 6.07) is 55.0. The maximum atomic E-state index is 7.05. The summed E-state index contributed by atoms with van der Waals surface area (Å²) in [4.78, 5) is 0. The second-order valence-electron chi connectivity index (χ2n) is 14.8. The van der Waals surface area contributed by atoms with E-state index in [-0.39, 0.29) is 17.6 Å². The number of fused-ring (bicyclic) bond motifs is 8. The summed E-state index contributed by atoms with van der Waals surface area (Å²) in [5, 5.41) is 8.93. The molecule has 1 aliphatic carbocycles. The van der Waals surface area contributed by atoms with Crippen molar-refractivity contribution in [1.82, 2.24) is 9.88 Å². The van der Waals surface area contributed by atoms with E-state index in [9.17, 15) is 0 Å². The van der Waals surface area contributed by atoms with Gasteiger partial charge in [0.15, 0.2) is 0 Å². The number of para-hydroxylation sites is 1. The van der Waals surface area contributed by atoms with E-state index in [1.54, 1.807) is 6.08 Å². The van der Waals surface area contributed by atoms with E-state index < -0.39 is 0 Å². The van der Waals surface area contributed by atoms with Crippen LogP contribution >= 0.6 is 0 Å². The molecular formula is C51H47N3. The predicted molar refractivity (Wildman–Crippen MR) is 230 cm³/mol. The second-order valence-corrected chi connectivity index (χ2v) is 14.8. The Morgan fingerprint density at radius 3 is 2.09 bits per heavy atom. The first-order valence-electron chi connectivity index (χ1n) is 18.9. The van der Waals surface area contributed by atoms with Crippen LogP contribution in [0.25, 0.3) is 49.4 Å². The van der Waals surface area contributed by atoms with Crippen molar-refractivity contribution in [2.45, 2.75) is 45.3 Å². The molecule has 9 rings (SSSR count). The Bertz CT molecular complexity index is 2670. The van der Waals surface area contributed by atoms with Crippen LogP contribution in [0.1, 0.15) is 66.4 Å². The molecule has 0 aliphatic heterocycles. The lowest BCUT2D eigenvalue weighted by Gasteiger charge is -2.28. The van der Waals surface area contributed by atoms with Crippen LogP contribution in [0.5, 0.6) is 0 Å². The molecule has 3 N–H and O–H groups in total. The van der Waals surface area contributed by atoms with Gasteiger partial charge in [-0.25, -0.2) is 0 Å². The Kier molecular flexibility index (Phi) is 9.37. The van der Waals surface area contributed by atoms with Gasteiger partial charge in [-0.05, 0) is 93.4 Å². The number of benzene rings is 7. The van der Waals surface area contributed by atoms with Gasteiger partial charge in [0, 0.05) is 21.9 Å². The maximum absolute atomic E-state index is 7.05. The normalized spacial score (nSPS) is 14.1. The summed E-state index contributed by atoms with van der Waals surface area (Å²) in [7, 11) is 0. The number of hydrogen-bond acceptors (Lipinski definition) is 2. The Morgan fingerprint density at radius 2 is 1.33 bits per heavy atom. The topological polar surface area (TPSA) is 43.0 Å². The summed E-state index contributed by atoms with van der Waals surface area (Å²) < 4.78 is 2.38. The van der Waals surface area contributed by atoms with Gasteiger partial charge in [-0.15, -0.1) is 0 Å². The van der Waals surface area contributed by atoms with Crippen LogP contribution in [-0.2, 0) is 5.41 Å². The van der Waals surface area contributed by atoms with Crippen molar-refractivity contribution in [3.8, 4) is 16.8 Å². The van der Waals surface area contributed by atoms with Crippen LogP contribution in [0.4, 0.5) is 0 Å². The van der Waals surface area contributed by atoms with E-state index >= 15 is 0 Å². The van der Waals surface area contributed by atoms with Crippen LogP contribution in [0.15, 0.2) is 176 Å². The summed E-state index contributed by atoms with van der Waals surface area (Å²) in [5.74, 6) is 0. The molecule has 7 aromatic carbocycles. The van der Waals surface area contributed by atoms with E-state index in [2.05, 4.69) is 189 Å². The number of nitrogens with one attached hydrogen (secondary N) is 1. The minimum atomic E-state index is -0.376. The first-order valence-corrected chi connectivity index (χ1v) is 18.9. The highest BCUT2D eigenvalue weighted by atomic mass is 15.1. The van der Waals surface area contributed by atoms with Gasteiger partial charge in [0.25, 0.3) is 0 Å². The lowest BCUT2D eigenvalue weighted by molar-refractivity contribution is 0.497. The molecule has 0 fully saturated rings. The van der Waals surface area contributed by atoms with Gasteiger partial charge in [-0.2, -0.15) is 0 Å². The van der Waals surface area contributed by atoms with Crippen molar-refractivity contribution in [2.75, 3.05) is 0 Å². The van der Waals surface area contributed by atoms with Gasteiger partial charge >= 0.3 is 0 Å². The van der Waals surface area contributed by atoms with E-state index in [0.29, 0.717) is 0 Å². The van der Waals surface area contributed by atoms with Crippen LogP contribution in [-0.4, -0.2) is 4.57 Å². The van der Waals surface area contributed by atoms with Crippen molar-refractivity contribution in [2.24, 2.45) is 5.73 Å².